The monoisotopic (exact) mass is 182 g/mol. The molecule has 0 amide bonds. The zero-order valence-corrected chi connectivity index (χ0v) is 8.62. The van der Waals surface area contributed by atoms with Gasteiger partial charge in [0, 0.05) is 13.3 Å². The molecule has 13 heavy (non-hydrogen) atoms. The van der Waals surface area contributed by atoms with Gasteiger partial charge in [0.05, 0.1) is 0 Å². The van der Waals surface area contributed by atoms with E-state index in [1.54, 1.807) is 6.08 Å². The Balaban J connectivity index is 4.07. The normalized spacial score (nSPS) is 13.2. The topological polar surface area (TPSA) is 26.3 Å². The average molecular weight is 182 g/mol. The van der Waals surface area contributed by atoms with Crippen LogP contribution >= 0.6 is 0 Å². The summed E-state index contributed by atoms with van der Waals surface area (Å²) in [6.45, 7) is 9.18. The van der Waals surface area contributed by atoms with E-state index in [4.69, 9.17) is 4.74 Å². The van der Waals surface area contributed by atoms with E-state index in [0.29, 0.717) is 12.3 Å². The molecule has 0 aliphatic rings. The van der Waals surface area contributed by atoms with E-state index in [9.17, 15) is 4.79 Å². The maximum Gasteiger partial charge on any atom is 0.303 e. The summed E-state index contributed by atoms with van der Waals surface area (Å²) in [4.78, 5) is 10.7. The summed E-state index contributed by atoms with van der Waals surface area (Å²) >= 11 is 0. The fourth-order valence-electron chi connectivity index (χ4n) is 0.890. The molecule has 2 heteroatoms. The van der Waals surface area contributed by atoms with Crippen molar-refractivity contribution in [2.45, 2.75) is 33.3 Å². The van der Waals surface area contributed by atoms with Gasteiger partial charge in [-0.2, -0.15) is 0 Å². The van der Waals surface area contributed by atoms with Gasteiger partial charge in [0.2, 0.25) is 0 Å². The van der Waals surface area contributed by atoms with Gasteiger partial charge in [0.15, 0.2) is 0 Å². The third-order valence-corrected chi connectivity index (χ3v) is 1.43. The molecular weight excluding hydrogens is 164 g/mol. The van der Waals surface area contributed by atoms with Crippen LogP contribution in [-0.4, -0.2) is 12.1 Å². The lowest BCUT2D eigenvalue weighted by atomic mass is 10.1. The zero-order chi connectivity index (χ0) is 10.3. The number of carbonyl (C=O) groups excluding carboxylic acids is 1. The molecule has 1 unspecified atom stereocenters. The van der Waals surface area contributed by atoms with Crippen molar-refractivity contribution in [3.8, 4) is 0 Å². The van der Waals surface area contributed by atoms with Crippen molar-refractivity contribution in [3.63, 3.8) is 0 Å². The Bertz CT molecular complexity index is 192. The molecule has 0 aliphatic carbocycles. The fourth-order valence-corrected chi connectivity index (χ4v) is 0.890. The maximum atomic E-state index is 10.7. The van der Waals surface area contributed by atoms with Crippen LogP contribution in [0.5, 0.6) is 0 Å². The van der Waals surface area contributed by atoms with E-state index >= 15 is 0 Å². The van der Waals surface area contributed by atoms with Gasteiger partial charge in [-0.1, -0.05) is 26.0 Å². The molecule has 0 fully saturated rings. The molecule has 0 saturated heterocycles. The standard InChI is InChI=1S/C11H18O2/c1-5-6-11(13-10(4)12)8-7-9(2)3/h5,7-9,11H,1,6H2,2-4H3/b8-7+. The average Bonchev–Trinajstić information content (AvgIpc) is 1.99. The second-order valence-electron chi connectivity index (χ2n) is 3.30. The van der Waals surface area contributed by atoms with Gasteiger partial charge in [-0.15, -0.1) is 6.58 Å². The predicted molar refractivity (Wildman–Crippen MR) is 54.3 cm³/mol. The van der Waals surface area contributed by atoms with Gasteiger partial charge in [-0.3, -0.25) is 4.79 Å². The molecule has 0 spiro atoms. The van der Waals surface area contributed by atoms with Crippen LogP contribution in [0.3, 0.4) is 0 Å². The first kappa shape index (κ1) is 11.9. The molecule has 1 atom stereocenters. The molecular formula is C11H18O2. The highest BCUT2D eigenvalue weighted by molar-refractivity contribution is 5.66. The Morgan fingerprint density at radius 1 is 1.46 bits per heavy atom. The van der Waals surface area contributed by atoms with Crippen LogP contribution in [0.25, 0.3) is 0 Å². The third-order valence-electron chi connectivity index (χ3n) is 1.43. The van der Waals surface area contributed by atoms with Crippen molar-refractivity contribution in [3.05, 3.63) is 24.8 Å². The maximum absolute atomic E-state index is 10.7. The van der Waals surface area contributed by atoms with Gasteiger partial charge < -0.3 is 4.74 Å². The lowest BCUT2D eigenvalue weighted by Crippen LogP contribution is -2.12. The summed E-state index contributed by atoms with van der Waals surface area (Å²) in [6.07, 6.45) is 6.20. The smallest absolute Gasteiger partial charge is 0.303 e. The van der Waals surface area contributed by atoms with E-state index < -0.39 is 0 Å². The minimum Gasteiger partial charge on any atom is -0.458 e. The number of carbonyl (C=O) groups is 1. The van der Waals surface area contributed by atoms with Crippen LogP contribution in [-0.2, 0) is 9.53 Å². The van der Waals surface area contributed by atoms with Crippen LogP contribution in [0.2, 0.25) is 0 Å². The summed E-state index contributed by atoms with van der Waals surface area (Å²) in [6, 6.07) is 0. The van der Waals surface area contributed by atoms with Crippen LogP contribution in [0.15, 0.2) is 24.8 Å². The molecule has 0 aliphatic heterocycles. The summed E-state index contributed by atoms with van der Waals surface area (Å²) < 4.78 is 5.04. The molecule has 0 N–H and O–H groups in total. The van der Waals surface area contributed by atoms with Crippen LogP contribution < -0.4 is 0 Å². The van der Waals surface area contributed by atoms with Crippen molar-refractivity contribution in [2.24, 2.45) is 5.92 Å². The number of hydrogen-bond acceptors (Lipinski definition) is 2. The molecule has 0 bridgehead atoms. The highest BCUT2D eigenvalue weighted by Crippen LogP contribution is 2.04. The number of esters is 1. The number of allylic oxidation sites excluding steroid dienone is 1. The van der Waals surface area contributed by atoms with E-state index in [2.05, 4.69) is 20.4 Å². The van der Waals surface area contributed by atoms with Crippen LogP contribution in [0, 0.1) is 5.92 Å². The van der Waals surface area contributed by atoms with E-state index in [-0.39, 0.29) is 12.1 Å². The molecule has 0 heterocycles. The Morgan fingerprint density at radius 3 is 2.46 bits per heavy atom. The number of hydrogen-bond donors (Lipinski definition) is 0. The van der Waals surface area contributed by atoms with Crippen molar-refractivity contribution < 1.29 is 9.53 Å². The number of rotatable bonds is 5. The minimum absolute atomic E-state index is 0.155. The largest absolute Gasteiger partial charge is 0.458 e. The highest BCUT2D eigenvalue weighted by atomic mass is 16.5. The summed E-state index contributed by atoms with van der Waals surface area (Å²) in [7, 11) is 0. The van der Waals surface area contributed by atoms with E-state index in [0.717, 1.165) is 0 Å². The van der Waals surface area contributed by atoms with Gasteiger partial charge in [-0.25, -0.2) is 0 Å². The van der Waals surface area contributed by atoms with Gasteiger partial charge in [0.1, 0.15) is 6.10 Å². The fraction of sp³-hybridized carbons (Fsp3) is 0.545. The van der Waals surface area contributed by atoms with Crippen molar-refractivity contribution in [2.75, 3.05) is 0 Å². The predicted octanol–water partition coefficient (Wildman–Crippen LogP) is 2.71. The van der Waals surface area contributed by atoms with E-state index in [1.165, 1.54) is 6.92 Å². The van der Waals surface area contributed by atoms with Crippen molar-refractivity contribution >= 4 is 5.97 Å². The van der Waals surface area contributed by atoms with Crippen molar-refractivity contribution in [1.82, 2.24) is 0 Å². The van der Waals surface area contributed by atoms with E-state index in [1.807, 2.05) is 12.2 Å². The minimum atomic E-state index is -0.250. The second-order valence-corrected chi connectivity index (χ2v) is 3.30. The SMILES string of the molecule is C=CCC(/C=C/C(C)C)OC(C)=O. The molecule has 0 aromatic rings. The number of ether oxygens (including phenoxy) is 1. The van der Waals surface area contributed by atoms with Crippen LogP contribution in [0.4, 0.5) is 0 Å². The zero-order valence-electron chi connectivity index (χ0n) is 8.62. The molecule has 2 nitrogen and oxygen atoms in total. The van der Waals surface area contributed by atoms with Gasteiger partial charge >= 0.3 is 5.97 Å². The Morgan fingerprint density at radius 2 is 2.08 bits per heavy atom. The molecule has 74 valence electrons. The van der Waals surface area contributed by atoms with Gasteiger partial charge in [0.25, 0.3) is 0 Å². The molecule has 0 saturated carbocycles. The summed E-state index contributed by atoms with van der Waals surface area (Å²) in [5, 5.41) is 0. The summed E-state index contributed by atoms with van der Waals surface area (Å²) in [5.41, 5.74) is 0. The molecule has 0 aromatic heterocycles. The Kier molecular flexibility index (Phi) is 5.94. The first-order valence-electron chi connectivity index (χ1n) is 4.52. The quantitative estimate of drug-likeness (QED) is 0.482. The molecule has 0 aromatic carbocycles. The van der Waals surface area contributed by atoms with Gasteiger partial charge in [-0.05, 0) is 12.0 Å². The van der Waals surface area contributed by atoms with Crippen LogP contribution in [0.1, 0.15) is 27.2 Å². The molecule has 0 rings (SSSR count). The highest BCUT2D eigenvalue weighted by Gasteiger charge is 2.05. The third kappa shape index (κ3) is 7.32. The van der Waals surface area contributed by atoms with Crippen molar-refractivity contribution in [1.29, 1.82) is 0 Å². The second kappa shape index (κ2) is 6.46. The Labute approximate surface area is 80.3 Å². The lowest BCUT2D eigenvalue weighted by molar-refractivity contribution is -0.143. The Hall–Kier alpha value is -1.05. The summed E-state index contributed by atoms with van der Waals surface area (Å²) in [5.74, 6) is 0.225. The first-order valence-corrected chi connectivity index (χ1v) is 4.52. The molecule has 0 radical (unpaired) electrons. The first-order chi connectivity index (χ1) is 6.06. The lowest BCUT2D eigenvalue weighted by Gasteiger charge is -2.10.